The van der Waals surface area contributed by atoms with Crippen LogP contribution >= 0.6 is 11.8 Å². The Bertz CT molecular complexity index is 732. The van der Waals surface area contributed by atoms with Crippen LogP contribution in [0.15, 0.2) is 41.7 Å². The average molecular weight is 372 g/mol. The zero-order valence-electron chi connectivity index (χ0n) is 15.2. The summed E-state index contributed by atoms with van der Waals surface area (Å²) in [7, 11) is 1.39. The Morgan fingerprint density at radius 1 is 1.31 bits per heavy atom. The normalized spacial score (nSPS) is 15.2. The molecule has 6 heteroatoms. The van der Waals surface area contributed by atoms with Crippen molar-refractivity contribution >= 4 is 17.7 Å². The molecule has 0 saturated heterocycles. The molecule has 2 heterocycles. The second kappa shape index (κ2) is 9.03. The molecule has 1 saturated carbocycles. The molecule has 3 rings (SSSR count). The zero-order valence-corrected chi connectivity index (χ0v) is 16.0. The summed E-state index contributed by atoms with van der Waals surface area (Å²) in [5, 5.41) is 1.76. The predicted octanol–water partition coefficient (Wildman–Crippen LogP) is 4.51. The number of carbonyl (C=O) groups excluding carboxylic acids is 1. The highest BCUT2D eigenvalue weighted by molar-refractivity contribution is 8.00. The van der Waals surface area contributed by atoms with E-state index in [1.807, 2.05) is 49.3 Å². The third-order valence-corrected chi connectivity index (χ3v) is 5.81. The predicted molar refractivity (Wildman–Crippen MR) is 102 cm³/mol. The van der Waals surface area contributed by atoms with E-state index in [1.165, 1.54) is 26.4 Å². The van der Waals surface area contributed by atoms with Gasteiger partial charge in [0.05, 0.1) is 13.2 Å². The van der Waals surface area contributed by atoms with Crippen LogP contribution in [0.3, 0.4) is 0 Å². The molecule has 0 bridgehead atoms. The van der Waals surface area contributed by atoms with Crippen molar-refractivity contribution in [1.29, 1.82) is 0 Å². The largest absolute Gasteiger partial charge is 0.475 e. The van der Waals surface area contributed by atoms with Crippen molar-refractivity contribution in [3.8, 4) is 17.0 Å². The van der Waals surface area contributed by atoms with Crippen molar-refractivity contribution in [2.75, 3.05) is 7.11 Å². The zero-order chi connectivity index (χ0) is 18.4. The van der Waals surface area contributed by atoms with E-state index in [4.69, 9.17) is 4.74 Å². The minimum atomic E-state index is -0.225. The second-order valence-corrected chi connectivity index (χ2v) is 7.74. The van der Waals surface area contributed by atoms with Crippen molar-refractivity contribution < 1.29 is 14.3 Å². The number of rotatable bonds is 8. The monoisotopic (exact) mass is 372 g/mol. The van der Waals surface area contributed by atoms with Crippen LogP contribution in [-0.2, 0) is 9.53 Å². The number of aromatic nitrogens is 2. The van der Waals surface area contributed by atoms with Crippen LogP contribution in [0.2, 0.25) is 0 Å². The standard InChI is InChI=1S/C20H24N2O3S/c1-14(8-11-19(23)24-2)25-18-10-9-15(13-22-18)17-7-4-12-21-20(17)26-16-5-3-6-16/h4,7,9-10,12-14,16H,3,5-6,8,11H2,1-2H3. The highest BCUT2D eigenvalue weighted by atomic mass is 32.2. The maximum Gasteiger partial charge on any atom is 0.305 e. The first-order valence-electron chi connectivity index (χ1n) is 8.97. The highest BCUT2D eigenvalue weighted by Crippen LogP contribution is 2.39. The Kier molecular flexibility index (Phi) is 6.50. The van der Waals surface area contributed by atoms with Gasteiger partial charge in [0, 0.05) is 41.3 Å². The minimum Gasteiger partial charge on any atom is -0.475 e. The molecule has 2 aromatic rings. The quantitative estimate of drug-likeness (QED) is 0.636. The average Bonchev–Trinajstić information content (AvgIpc) is 2.64. The molecule has 26 heavy (non-hydrogen) atoms. The molecular formula is C20H24N2O3S. The lowest BCUT2D eigenvalue weighted by Crippen LogP contribution is -2.15. The lowest BCUT2D eigenvalue weighted by atomic mass is 10.00. The van der Waals surface area contributed by atoms with Crippen LogP contribution in [0.1, 0.15) is 39.0 Å². The van der Waals surface area contributed by atoms with E-state index >= 15 is 0 Å². The van der Waals surface area contributed by atoms with Gasteiger partial charge >= 0.3 is 5.97 Å². The molecule has 0 aromatic carbocycles. The highest BCUT2D eigenvalue weighted by Gasteiger charge is 2.21. The number of methoxy groups -OCH3 is 1. The van der Waals surface area contributed by atoms with Gasteiger partial charge in [-0.2, -0.15) is 0 Å². The van der Waals surface area contributed by atoms with Crippen LogP contribution in [0.5, 0.6) is 5.88 Å². The number of nitrogens with zero attached hydrogens (tertiary/aromatic N) is 2. The van der Waals surface area contributed by atoms with E-state index in [1.54, 1.807) is 0 Å². The van der Waals surface area contributed by atoms with Crippen LogP contribution in [-0.4, -0.2) is 34.4 Å². The fourth-order valence-electron chi connectivity index (χ4n) is 2.65. The van der Waals surface area contributed by atoms with Crippen molar-refractivity contribution in [3.05, 3.63) is 36.7 Å². The number of hydrogen-bond donors (Lipinski definition) is 0. The van der Waals surface area contributed by atoms with Crippen LogP contribution in [0, 0.1) is 0 Å². The van der Waals surface area contributed by atoms with Gasteiger partial charge in [0.15, 0.2) is 0 Å². The molecule has 0 aliphatic heterocycles. The number of carbonyl (C=O) groups is 1. The summed E-state index contributed by atoms with van der Waals surface area (Å²) in [5.74, 6) is 0.333. The van der Waals surface area contributed by atoms with Gasteiger partial charge in [0.2, 0.25) is 5.88 Å². The Hall–Kier alpha value is -2.08. The molecule has 1 aliphatic rings. The Morgan fingerprint density at radius 3 is 2.81 bits per heavy atom. The van der Waals surface area contributed by atoms with E-state index in [2.05, 4.69) is 20.8 Å². The van der Waals surface area contributed by atoms with Crippen LogP contribution in [0.4, 0.5) is 0 Å². The van der Waals surface area contributed by atoms with Crippen molar-refractivity contribution in [2.45, 2.75) is 55.4 Å². The van der Waals surface area contributed by atoms with Crippen molar-refractivity contribution in [2.24, 2.45) is 0 Å². The van der Waals surface area contributed by atoms with Gasteiger partial charge in [-0.3, -0.25) is 4.79 Å². The molecule has 0 N–H and O–H groups in total. The summed E-state index contributed by atoms with van der Waals surface area (Å²) in [6, 6.07) is 7.93. The summed E-state index contributed by atoms with van der Waals surface area (Å²) < 4.78 is 10.4. The SMILES string of the molecule is COC(=O)CCC(C)Oc1ccc(-c2cccnc2SC2CCC2)cn1. The van der Waals surface area contributed by atoms with Gasteiger partial charge < -0.3 is 9.47 Å². The van der Waals surface area contributed by atoms with Gasteiger partial charge in [-0.05, 0) is 38.3 Å². The van der Waals surface area contributed by atoms with Gasteiger partial charge in [-0.25, -0.2) is 9.97 Å². The second-order valence-electron chi connectivity index (χ2n) is 6.46. The summed E-state index contributed by atoms with van der Waals surface area (Å²) >= 11 is 1.86. The lowest BCUT2D eigenvalue weighted by molar-refractivity contribution is -0.141. The molecule has 1 aliphatic carbocycles. The molecular weight excluding hydrogens is 348 g/mol. The first kappa shape index (κ1) is 18.7. The first-order valence-corrected chi connectivity index (χ1v) is 9.85. The van der Waals surface area contributed by atoms with Gasteiger partial charge in [-0.1, -0.05) is 12.5 Å². The summed E-state index contributed by atoms with van der Waals surface area (Å²) in [6.07, 6.45) is 8.37. The molecule has 1 unspecified atom stereocenters. The Balaban J connectivity index is 1.63. The van der Waals surface area contributed by atoms with E-state index in [-0.39, 0.29) is 12.1 Å². The maximum atomic E-state index is 11.2. The molecule has 0 radical (unpaired) electrons. The molecule has 138 valence electrons. The minimum absolute atomic E-state index is 0.101. The van der Waals surface area contributed by atoms with Crippen molar-refractivity contribution in [3.63, 3.8) is 0 Å². The van der Waals surface area contributed by atoms with E-state index in [0.29, 0.717) is 24.0 Å². The molecule has 1 fully saturated rings. The van der Waals surface area contributed by atoms with Crippen LogP contribution < -0.4 is 4.74 Å². The van der Waals surface area contributed by atoms with Gasteiger partial charge in [0.25, 0.3) is 0 Å². The van der Waals surface area contributed by atoms with E-state index in [9.17, 15) is 4.79 Å². The Labute approximate surface area is 158 Å². The summed E-state index contributed by atoms with van der Waals surface area (Å²) in [6.45, 7) is 1.92. The fourth-order valence-corrected chi connectivity index (χ4v) is 3.97. The van der Waals surface area contributed by atoms with Gasteiger partial charge in [-0.15, -0.1) is 11.8 Å². The number of pyridine rings is 2. The topological polar surface area (TPSA) is 61.3 Å². The third kappa shape index (κ3) is 4.97. The molecule has 0 spiro atoms. The lowest BCUT2D eigenvalue weighted by Gasteiger charge is -2.24. The third-order valence-electron chi connectivity index (χ3n) is 4.45. The number of ether oxygens (including phenoxy) is 2. The van der Waals surface area contributed by atoms with E-state index < -0.39 is 0 Å². The number of hydrogen-bond acceptors (Lipinski definition) is 6. The first-order chi connectivity index (χ1) is 12.7. The maximum absolute atomic E-state index is 11.2. The summed E-state index contributed by atoms with van der Waals surface area (Å²) in [5.41, 5.74) is 2.15. The van der Waals surface area contributed by atoms with Crippen LogP contribution in [0.25, 0.3) is 11.1 Å². The fraction of sp³-hybridized carbons (Fsp3) is 0.450. The summed E-state index contributed by atoms with van der Waals surface area (Å²) in [4.78, 5) is 20.2. The molecule has 2 aromatic heterocycles. The molecule has 0 amide bonds. The van der Waals surface area contributed by atoms with E-state index in [0.717, 1.165) is 16.2 Å². The van der Waals surface area contributed by atoms with Crippen molar-refractivity contribution in [1.82, 2.24) is 9.97 Å². The number of esters is 1. The molecule has 1 atom stereocenters. The smallest absolute Gasteiger partial charge is 0.305 e. The Morgan fingerprint density at radius 2 is 2.15 bits per heavy atom. The van der Waals surface area contributed by atoms with Gasteiger partial charge in [0.1, 0.15) is 5.03 Å². The number of thioether (sulfide) groups is 1. The molecule has 5 nitrogen and oxygen atoms in total.